The number of hydrogen-bond donors (Lipinski definition) is 2. The Balaban J connectivity index is 1.34. The van der Waals surface area contributed by atoms with Gasteiger partial charge >= 0.3 is 0 Å². The smallest absolute Gasteiger partial charge is 0.254 e. The van der Waals surface area contributed by atoms with Crippen LogP contribution in [-0.4, -0.2) is 45.9 Å². The molecule has 1 aliphatic heterocycles. The molecule has 0 radical (unpaired) electrons. The molecule has 0 spiro atoms. The zero-order valence-electron chi connectivity index (χ0n) is 18.3. The number of carbonyl (C=O) groups excluding carboxylic acids is 2. The molecule has 1 fully saturated rings. The maximum atomic E-state index is 13.0. The summed E-state index contributed by atoms with van der Waals surface area (Å²) in [6, 6.07) is 12.6. The van der Waals surface area contributed by atoms with Crippen molar-refractivity contribution in [3.8, 4) is 16.2 Å². The number of thiazole rings is 1. The molecular formula is C25H27N3O3S. The third kappa shape index (κ3) is 4.67. The molecule has 0 aliphatic carbocycles. The minimum Gasteiger partial charge on any atom is -0.508 e. The van der Waals surface area contributed by atoms with Gasteiger partial charge in [0.1, 0.15) is 11.8 Å². The first kappa shape index (κ1) is 22.0. The fourth-order valence-electron chi connectivity index (χ4n) is 4.13. The second-order valence-electron chi connectivity index (χ2n) is 8.16. The van der Waals surface area contributed by atoms with Crippen LogP contribution in [0.3, 0.4) is 0 Å². The molecule has 2 heterocycles. The lowest BCUT2D eigenvalue weighted by molar-refractivity contribution is -0.124. The van der Waals surface area contributed by atoms with Gasteiger partial charge in [-0.2, -0.15) is 0 Å². The maximum absolute atomic E-state index is 13.0. The Morgan fingerprint density at radius 2 is 1.97 bits per heavy atom. The van der Waals surface area contributed by atoms with Crippen molar-refractivity contribution in [1.82, 2.24) is 15.2 Å². The Bertz CT molecular complexity index is 1120. The van der Waals surface area contributed by atoms with Gasteiger partial charge in [0.2, 0.25) is 5.91 Å². The highest BCUT2D eigenvalue weighted by molar-refractivity contribution is 7.13. The molecule has 1 aromatic heterocycles. The van der Waals surface area contributed by atoms with Crippen LogP contribution in [0.2, 0.25) is 0 Å². The standard InChI is InChI=1S/C25H27N3O3S/c1-16-5-10-20(29)14-21(16)25(31)28-13-3-4-22(28)24(30)26-12-11-18-6-8-19(9-7-18)23-17(2)27-15-32-23/h5-10,14-15,22,29H,3-4,11-13H2,1-2H3,(H,26,30). The molecule has 2 amide bonds. The topological polar surface area (TPSA) is 82.5 Å². The Morgan fingerprint density at radius 1 is 1.19 bits per heavy atom. The van der Waals surface area contributed by atoms with Gasteiger partial charge in [0.25, 0.3) is 5.91 Å². The van der Waals surface area contributed by atoms with Gasteiger partial charge in [-0.05, 0) is 61.9 Å². The van der Waals surface area contributed by atoms with E-state index in [1.54, 1.807) is 28.4 Å². The average Bonchev–Trinajstić information content (AvgIpc) is 3.45. The van der Waals surface area contributed by atoms with Crippen molar-refractivity contribution >= 4 is 23.2 Å². The highest BCUT2D eigenvalue weighted by Crippen LogP contribution is 2.27. The lowest BCUT2D eigenvalue weighted by atomic mass is 10.1. The van der Waals surface area contributed by atoms with Crippen LogP contribution in [0.1, 0.15) is 40.0 Å². The Kier molecular flexibility index (Phi) is 6.55. The molecule has 1 aliphatic rings. The van der Waals surface area contributed by atoms with E-state index in [4.69, 9.17) is 0 Å². The molecular weight excluding hydrogens is 422 g/mol. The summed E-state index contributed by atoms with van der Waals surface area (Å²) >= 11 is 1.63. The summed E-state index contributed by atoms with van der Waals surface area (Å²) in [6.07, 6.45) is 2.17. The van der Waals surface area contributed by atoms with Crippen LogP contribution in [0.15, 0.2) is 48.0 Å². The number of phenolic OH excluding ortho intramolecular Hbond substituents is 1. The number of nitrogens with zero attached hydrogens (tertiary/aromatic N) is 2. The van der Waals surface area contributed by atoms with E-state index in [0.717, 1.165) is 35.2 Å². The Hall–Kier alpha value is -3.19. The number of aromatic nitrogens is 1. The van der Waals surface area contributed by atoms with Gasteiger partial charge in [-0.25, -0.2) is 4.98 Å². The van der Waals surface area contributed by atoms with Crippen LogP contribution in [0.25, 0.3) is 10.4 Å². The second-order valence-corrected chi connectivity index (χ2v) is 9.02. The van der Waals surface area contributed by atoms with Crippen molar-refractivity contribution in [2.75, 3.05) is 13.1 Å². The minimum atomic E-state index is -0.471. The monoisotopic (exact) mass is 449 g/mol. The van der Waals surface area contributed by atoms with E-state index in [1.807, 2.05) is 19.4 Å². The van der Waals surface area contributed by atoms with Gasteiger partial charge < -0.3 is 15.3 Å². The number of nitrogens with one attached hydrogen (secondary N) is 1. The predicted molar refractivity (Wildman–Crippen MR) is 126 cm³/mol. The van der Waals surface area contributed by atoms with Crippen LogP contribution < -0.4 is 5.32 Å². The third-order valence-corrected chi connectivity index (χ3v) is 6.92. The molecule has 0 saturated carbocycles. The van der Waals surface area contributed by atoms with Crippen LogP contribution >= 0.6 is 11.3 Å². The van der Waals surface area contributed by atoms with Gasteiger partial charge in [0.15, 0.2) is 0 Å². The van der Waals surface area contributed by atoms with Gasteiger partial charge in [-0.3, -0.25) is 9.59 Å². The molecule has 0 bridgehead atoms. The SMILES string of the molecule is Cc1ccc(O)cc1C(=O)N1CCCC1C(=O)NCCc1ccc(-c2scnc2C)cc1. The first-order chi connectivity index (χ1) is 15.4. The molecule has 6 nitrogen and oxygen atoms in total. The minimum absolute atomic E-state index is 0.0515. The molecule has 1 saturated heterocycles. The normalized spacial score (nSPS) is 15.7. The summed E-state index contributed by atoms with van der Waals surface area (Å²) in [5, 5.41) is 12.8. The molecule has 7 heteroatoms. The van der Waals surface area contributed by atoms with Crippen LogP contribution in [-0.2, 0) is 11.2 Å². The largest absolute Gasteiger partial charge is 0.508 e. The van der Waals surface area contributed by atoms with E-state index in [2.05, 4.69) is 34.6 Å². The molecule has 166 valence electrons. The zero-order valence-corrected chi connectivity index (χ0v) is 19.1. The summed E-state index contributed by atoms with van der Waals surface area (Å²) in [6.45, 7) is 4.90. The molecule has 32 heavy (non-hydrogen) atoms. The summed E-state index contributed by atoms with van der Waals surface area (Å²) in [4.78, 5) is 32.9. The van der Waals surface area contributed by atoms with Crippen molar-refractivity contribution < 1.29 is 14.7 Å². The number of amides is 2. The van der Waals surface area contributed by atoms with E-state index in [0.29, 0.717) is 25.1 Å². The average molecular weight is 450 g/mol. The van der Waals surface area contributed by atoms with E-state index in [-0.39, 0.29) is 17.6 Å². The van der Waals surface area contributed by atoms with Crippen LogP contribution in [0.5, 0.6) is 5.75 Å². The van der Waals surface area contributed by atoms with E-state index >= 15 is 0 Å². The zero-order chi connectivity index (χ0) is 22.7. The quantitative estimate of drug-likeness (QED) is 0.594. The number of phenols is 1. The molecule has 1 unspecified atom stereocenters. The third-order valence-electron chi connectivity index (χ3n) is 5.94. The number of aryl methyl sites for hydroxylation is 2. The highest BCUT2D eigenvalue weighted by Gasteiger charge is 2.34. The number of benzene rings is 2. The van der Waals surface area contributed by atoms with Crippen molar-refractivity contribution in [3.05, 3.63) is 70.4 Å². The van der Waals surface area contributed by atoms with Gasteiger partial charge in [-0.15, -0.1) is 11.3 Å². The van der Waals surface area contributed by atoms with Crippen molar-refractivity contribution in [2.24, 2.45) is 0 Å². The lowest BCUT2D eigenvalue weighted by Crippen LogP contribution is -2.46. The molecule has 2 aromatic carbocycles. The van der Waals surface area contributed by atoms with Gasteiger partial charge in [-0.1, -0.05) is 30.3 Å². The predicted octanol–water partition coefficient (Wildman–Crippen LogP) is 4.10. The fourth-order valence-corrected chi connectivity index (χ4v) is 4.94. The molecule has 4 rings (SSSR count). The first-order valence-corrected chi connectivity index (χ1v) is 11.7. The summed E-state index contributed by atoms with van der Waals surface area (Å²) < 4.78 is 0. The molecule has 2 N–H and O–H groups in total. The number of aromatic hydroxyl groups is 1. The maximum Gasteiger partial charge on any atom is 0.254 e. The first-order valence-electron chi connectivity index (χ1n) is 10.8. The van der Waals surface area contributed by atoms with E-state index in [1.165, 1.54) is 10.9 Å². The van der Waals surface area contributed by atoms with E-state index < -0.39 is 6.04 Å². The number of likely N-dealkylation sites (tertiary alicyclic amines) is 1. The van der Waals surface area contributed by atoms with Crippen LogP contribution in [0.4, 0.5) is 0 Å². The van der Waals surface area contributed by atoms with Crippen molar-refractivity contribution in [3.63, 3.8) is 0 Å². The van der Waals surface area contributed by atoms with Gasteiger partial charge in [0, 0.05) is 18.7 Å². The fraction of sp³-hybridized carbons (Fsp3) is 0.320. The van der Waals surface area contributed by atoms with Gasteiger partial charge in [0.05, 0.1) is 16.1 Å². The molecule has 3 aromatic rings. The number of hydrogen-bond acceptors (Lipinski definition) is 5. The summed E-state index contributed by atoms with van der Waals surface area (Å²) in [7, 11) is 0. The number of rotatable bonds is 6. The highest BCUT2D eigenvalue weighted by atomic mass is 32.1. The lowest BCUT2D eigenvalue weighted by Gasteiger charge is -2.24. The van der Waals surface area contributed by atoms with Crippen molar-refractivity contribution in [1.29, 1.82) is 0 Å². The second kappa shape index (κ2) is 9.53. The van der Waals surface area contributed by atoms with E-state index in [9.17, 15) is 14.7 Å². The molecule has 1 atom stereocenters. The van der Waals surface area contributed by atoms with Crippen molar-refractivity contribution in [2.45, 2.75) is 39.2 Å². The number of carbonyl (C=O) groups is 2. The summed E-state index contributed by atoms with van der Waals surface area (Å²) in [5.74, 6) is -0.272. The summed E-state index contributed by atoms with van der Waals surface area (Å²) in [5.41, 5.74) is 6.42. The Morgan fingerprint density at radius 3 is 2.69 bits per heavy atom. The van der Waals surface area contributed by atoms with Crippen LogP contribution in [0, 0.1) is 13.8 Å². The Labute approximate surface area is 191 Å².